The molecule has 1 aromatic heterocycles. The van der Waals surface area contributed by atoms with Gasteiger partial charge in [-0.1, -0.05) is 6.07 Å². The molecule has 0 amide bonds. The van der Waals surface area contributed by atoms with E-state index in [2.05, 4.69) is 14.8 Å². The van der Waals surface area contributed by atoms with Crippen molar-refractivity contribution < 1.29 is 8.78 Å². The lowest BCUT2D eigenvalue weighted by atomic mass is 10.1. The predicted molar refractivity (Wildman–Crippen MR) is 90.8 cm³/mol. The minimum atomic E-state index is -0.273. The van der Waals surface area contributed by atoms with Gasteiger partial charge in [0.05, 0.1) is 12.1 Å². The summed E-state index contributed by atoms with van der Waals surface area (Å²) < 4.78 is 25.9. The maximum atomic E-state index is 13.1. The Balaban J connectivity index is 0.000000177. The van der Waals surface area contributed by atoms with E-state index in [0.717, 1.165) is 0 Å². The van der Waals surface area contributed by atoms with Crippen LogP contribution in [0.4, 0.5) is 20.3 Å². The fraction of sp³-hybridized carbons (Fsp3) is 0.167. The quantitative estimate of drug-likeness (QED) is 0.612. The van der Waals surface area contributed by atoms with Gasteiger partial charge in [0.1, 0.15) is 23.8 Å². The van der Waals surface area contributed by atoms with Gasteiger partial charge in [0, 0.05) is 11.5 Å². The molecule has 0 aliphatic heterocycles. The smallest absolute Gasteiger partial charge is 0.190 e. The van der Waals surface area contributed by atoms with Crippen LogP contribution in [0.15, 0.2) is 30.6 Å². The zero-order chi connectivity index (χ0) is 17.9. The van der Waals surface area contributed by atoms with Crippen LogP contribution in [-0.4, -0.2) is 9.97 Å². The normalized spacial score (nSPS) is 10.0. The molecule has 6 heteroatoms. The molecule has 0 bridgehead atoms. The zero-order valence-electron chi connectivity index (χ0n) is 13.6. The van der Waals surface area contributed by atoms with E-state index in [1.54, 1.807) is 32.9 Å². The monoisotopic (exact) mass is 326 g/mol. The van der Waals surface area contributed by atoms with E-state index in [9.17, 15) is 8.78 Å². The zero-order valence-corrected chi connectivity index (χ0v) is 13.6. The molecule has 4 nitrogen and oxygen atoms in total. The van der Waals surface area contributed by atoms with Crippen molar-refractivity contribution in [1.29, 1.82) is 0 Å². The van der Waals surface area contributed by atoms with Gasteiger partial charge in [0.2, 0.25) is 0 Å². The topological polar surface area (TPSA) is 56.2 Å². The fourth-order valence-corrected chi connectivity index (χ4v) is 2.09. The van der Waals surface area contributed by atoms with Gasteiger partial charge in [-0.15, -0.1) is 0 Å². The summed E-state index contributed by atoms with van der Waals surface area (Å²) in [5.41, 5.74) is 8.45. The Bertz CT molecular complexity index is 946. The highest BCUT2D eigenvalue weighted by atomic mass is 19.1. The molecular weight excluding hydrogens is 310 g/mol. The van der Waals surface area contributed by atoms with Crippen molar-refractivity contribution >= 4 is 22.4 Å². The Hall–Kier alpha value is -3.07. The van der Waals surface area contributed by atoms with Crippen molar-refractivity contribution in [1.82, 2.24) is 9.97 Å². The van der Waals surface area contributed by atoms with E-state index in [0.29, 0.717) is 39.1 Å². The van der Waals surface area contributed by atoms with Gasteiger partial charge in [0.15, 0.2) is 5.69 Å². The molecule has 0 spiro atoms. The second-order valence-corrected chi connectivity index (χ2v) is 5.38. The number of nitrogens with two attached hydrogens (primary N) is 1. The van der Waals surface area contributed by atoms with Gasteiger partial charge in [-0.3, -0.25) is 0 Å². The van der Waals surface area contributed by atoms with Crippen LogP contribution in [0.2, 0.25) is 0 Å². The highest BCUT2D eigenvalue weighted by Gasteiger charge is 2.04. The lowest BCUT2D eigenvalue weighted by molar-refractivity contribution is 0.617. The Morgan fingerprint density at radius 2 is 1.54 bits per heavy atom. The average molecular weight is 326 g/mol. The Morgan fingerprint density at radius 3 is 2.21 bits per heavy atom. The molecule has 3 aromatic rings. The molecular formula is C18H16F2N4. The second-order valence-electron chi connectivity index (χ2n) is 5.38. The number of benzene rings is 2. The first-order valence-corrected chi connectivity index (χ1v) is 7.14. The molecule has 3 rings (SSSR count). The largest absolute Gasteiger partial charge is 0.383 e. The van der Waals surface area contributed by atoms with Crippen LogP contribution < -0.4 is 5.73 Å². The molecule has 122 valence electrons. The van der Waals surface area contributed by atoms with Crippen molar-refractivity contribution in [3.8, 4) is 0 Å². The summed E-state index contributed by atoms with van der Waals surface area (Å²) in [6.45, 7) is 11.8. The number of aryl methyl sites for hydroxylation is 3. The van der Waals surface area contributed by atoms with Crippen molar-refractivity contribution in [3.63, 3.8) is 0 Å². The van der Waals surface area contributed by atoms with E-state index in [1.807, 2.05) is 0 Å². The number of halogens is 2. The number of hydrogen-bond donors (Lipinski definition) is 1. The van der Waals surface area contributed by atoms with Crippen LogP contribution in [0.5, 0.6) is 0 Å². The molecule has 0 saturated heterocycles. The van der Waals surface area contributed by atoms with Gasteiger partial charge in [0.25, 0.3) is 0 Å². The summed E-state index contributed by atoms with van der Waals surface area (Å²) in [6, 6.07) is 5.98. The lowest BCUT2D eigenvalue weighted by Gasteiger charge is -2.01. The second kappa shape index (κ2) is 7.01. The van der Waals surface area contributed by atoms with Crippen LogP contribution in [-0.2, 0) is 0 Å². The minimum absolute atomic E-state index is 0.241. The minimum Gasteiger partial charge on any atom is -0.383 e. The number of aromatic nitrogens is 2. The number of rotatable bonds is 0. The van der Waals surface area contributed by atoms with Crippen molar-refractivity contribution in [2.75, 3.05) is 5.73 Å². The van der Waals surface area contributed by atoms with Crippen LogP contribution in [0, 0.1) is 39.0 Å². The third kappa shape index (κ3) is 3.63. The first-order chi connectivity index (χ1) is 11.3. The van der Waals surface area contributed by atoms with Gasteiger partial charge in [-0.25, -0.2) is 23.6 Å². The molecule has 0 aliphatic carbocycles. The van der Waals surface area contributed by atoms with Crippen LogP contribution >= 0.6 is 0 Å². The number of anilines is 1. The fourth-order valence-electron chi connectivity index (χ4n) is 2.09. The standard InChI is InChI=1S/C9H8FN3.C9H8FN/c1-5-2-6-8(3-7(5)10)12-4-13-9(6)11;1-6-5-9(11-3)7(2)4-8(6)10/h2-4H,1H3,(H2,11,12,13);4-5H,1-2H3. The summed E-state index contributed by atoms with van der Waals surface area (Å²) >= 11 is 0. The number of nitrogen functional groups attached to an aromatic ring is 1. The molecule has 2 aromatic carbocycles. The number of fused-ring (bicyclic) bond motifs is 1. The van der Waals surface area contributed by atoms with E-state index in [4.69, 9.17) is 12.3 Å². The molecule has 0 aliphatic rings. The van der Waals surface area contributed by atoms with Crippen molar-refractivity contribution in [3.05, 3.63) is 70.3 Å². The maximum Gasteiger partial charge on any atom is 0.190 e. The SMILES string of the molecule is Cc1cc2c(N)ncnc2cc1F.[C-]#[N+]c1cc(C)c(F)cc1C. The van der Waals surface area contributed by atoms with Gasteiger partial charge in [-0.05, 0) is 49.6 Å². The van der Waals surface area contributed by atoms with Gasteiger partial charge in [-0.2, -0.15) is 0 Å². The predicted octanol–water partition coefficient (Wildman–Crippen LogP) is 4.65. The molecule has 0 atom stereocenters. The van der Waals surface area contributed by atoms with Crippen molar-refractivity contribution in [2.45, 2.75) is 20.8 Å². The summed E-state index contributed by atoms with van der Waals surface area (Å²) in [4.78, 5) is 11.0. The molecule has 24 heavy (non-hydrogen) atoms. The Morgan fingerprint density at radius 1 is 0.917 bits per heavy atom. The third-order valence-electron chi connectivity index (χ3n) is 3.54. The van der Waals surface area contributed by atoms with Crippen LogP contribution in [0.3, 0.4) is 0 Å². The van der Waals surface area contributed by atoms with Crippen LogP contribution in [0.25, 0.3) is 15.7 Å². The first kappa shape index (κ1) is 17.3. The van der Waals surface area contributed by atoms with Gasteiger partial charge >= 0.3 is 0 Å². The Labute approximate surface area is 138 Å². The number of hydrogen-bond acceptors (Lipinski definition) is 3. The third-order valence-corrected chi connectivity index (χ3v) is 3.54. The molecule has 0 saturated carbocycles. The maximum absolute atomic E-state index is 13.1. The summed E-state index contributed by atoms with van der Waals surface area (Å²) in [6.07, 6.45) is 1.33. The summed E-state index contributed by atoms with van der Waals surface area (Å²) in [5, 5.41) is 0.696. The molecule has 1 heterocycles. The average Bonchev–Trinajstić information content (AvgIpc) is 2.54. The molecule has 2 N–H and O–H groups in total. The number of nitrogens with zero attached hydrogens (tertiary/aromatic N) is 3. The first-order valence-electron chi connectivity index (χ1n) is 7.14. The molecule has 0 radical (unpaired) electrons. The molecule has 0 unspecified atom stereocenters. The van der Waals surface area contributed by atoms with E-state index in [1.165, 1.54) is 18.5 Å². The molecule has 0 fully saturated rings. The van der Waals surface area contributed by atoms with Gasteiger partial charge < -0.3 is 5.73 Å². The van der Waals surface area contributed by atoms with Crippen molar-refractivity contribution in [2.24, 2.45) is 0 Å². The van der Waals surface area contributed by atoms with E-state index < -0.39 is 0 Å². The van der Waals surface area contributed by atoms with E-state index in [-0.39, 0.29) is 11.6 Å². The van der Waals surface area contributed by atoms with Crippen LogP contribution in [0.1, 0.15) is 16.7 Å². The highest BCUT2D eigenvalue weighted by molar-refractivity contribution is 5.88. The summed E-state index contributed by atoms with van der Waals surface area (Å²) in [5.74, 6) is -0.131. The Kier molecular flexibility index (Phi) is 5.05. The lowest BCUT2D eigenvalue weighted by Crippen LogP contribution is -1.94. The summed E-state index contributed by atoms with van der Waals surface area (Å²) in [7, 11) is 0. The highest BCUT2D eigenvalue weighted by Crippen LogP contribution is 2.22. The van der Waals surface area contributed by atoms with E-state index >= 15 is 0 Å².